The number of anilines is 2. The van der Waals surface area contributed by atoms with Crippen LogP contribution >= 0.6 is 11.3 Å². The predicted octanol–water partition coefficient (Wildman–Crippen LogP) is 4.23. The first-order valence-corrected chi connectivity index (χ1v) is 9.60. The van der Waals surface area contributed by atoms with E-state index in [0.29, 0.717) is 27.3 Å². The molecule has 0 fully saturated rings. The first kappa shape index (κ1) is 18.8. The van der Waals surface area contributed by atoms with E-state index in [1.165, 1.54) is 6.07 Å². The minimum atomic E-state index is -2.73. The monoisotopic (exact) mass is 397 g/mol. The van der Waals surface area contributed by atoms with Crippen LogP contribution in [0.3, 0.4) is 0 Å². The highest BCUT2D eigenvalue weighted by Crippen LogP contribution is 2.41. The van der Waals surface area contributed by atoms with Gasteiger partial charge in [-0.2, -0.15) is 5.26 Å². The highest BCUT2D eigenvalue weighted by molar-refractivity contribution is 7.81. The number of aromatic carboxylic acids is 1. The average Bonchev–Trinajstić information content (AvgIpc) is 3.08. The molecular weight excluding hydrogens is 384 g/mol. The first-order chi connectivity index (χ1) is 12.9. The third kappa shape index (κ3) is 3.61. The molecule has 0 bridgehead atoms. The molecule has 6 nitrogen and oxygen atoms in total. The summed E-state index contributed by atoms with van der Waals surface area (Å²) in [4.78, 5) is 12.2. The second-order valence-electron chi connectivity index (χ2n) is 5.59. The van der Waals surface area contributed by atoms with Gasteiger partial charge in [0.15, 0.2) is 0 Å². The molecule has 1 N–H and O–H groups in total. The van der Waals surface area contributed by atoms with E-state index in [1.54, 1.807) is 55.5 Å². The smallest absolute Gasteiger partial charge is 0.348 e. The highest BCUT2D eigenvalue weighted by atomic mass is 32.2. The molecule has 0 radical (unpaired) electrons. The van der Waals surface area contributed by atoms with E-state index in [4.69, 9.17) is 0 Å². The zero-order chi connectivity index (χ0) is 19.6. The molecule has 1 atom stereocenters. The van der Waals surface area contributed by atoms with E-state index < -0.39 is 17.2 Å². The molecule has 0 saturated carbocycles. The molecule has 136 valence electrons. The molecule has 1 unspecified atom stereocenters. The third-order valence-electron chi connectivity index (χ3n) is 3.92. The Balaban J connectivity index is 2.24. The Morgan fingerprint density at radius 1 is 1.19 bits per heavy atom. The second-order valence-corrected chi connectivity index (χ2v) is 7.44. The van der Waals surface area contributed by atoms with E-state index in [0.717, 1.165) is 15.6 Å². The van der Waals surface area contributed by atoms with Crippen LogP contribution in [0.15, 0.2) is 54.6 Å². The van der Waals surface area contributed by atoms with Crippen molar-refractivity contribution >= 4 is 39.9 Å². The van der Waals surface area contributed by atoms with Gasteiger partial charge in [-0.3, -0.25) is 8.51 Å². The van der Waals surface area contributed by atoms with Gasteiger partial charge in [-0.05, 0) is 30.7 Å². The van der Waals surface area contributed by atoms with Crippen LogP contribution in [-0.2, 0) is 11.3 Å². The van der Waals surface area contributed by atoms with Crippen molar-refractivity contribution < 1.29 is 18.7 Å². The van der Waals surface area contributed by atoms with Gasteiger partial charge in [-0.25, -0.2) is 4.79 Å². The lowest BCUT2D eigenvalue weighted by molar-refractivity contribution is 0.0703. The maximum absolute atomic E-state index is 12.0. The Kier molecular flexibility index (Phi) is 5.37. The molecule has 0 amide bonds. The Labute approximate surface area is 162 Å². The predicted molar refractivity (Wildman–Crippen MR) is 104 cm³/mol. The van der Waals surface area contributed by atoms with E-state index in [-0.39, 0.29) is 10.6 Å². The fraction of sp³-hybridized carbons (Fsp3) is 0.0526. The minimum Gasteiger partial charge on any atom is -0.755 e. The van der Waals surface area contributed by atoms with Crippen LogP contribution in [-0.4, -0.2) is 19.8 Å². The summed E-state index contributed by atoms with van der Waals surface area (Å²) in [5.74, 6) is -1.24. The molecule has 1 aromatic heterocycles. The molecule has 8 heteroatoms. The van der Waals surface area contributed by atoms with Crippen molar-refractivity contribution in [3.8, 4) is 16.5 Å². The van der Waals surface area contributed by atoms with E-state index in [2.05, 4.69) is 6.07 Å². The Morgan fingerprint density at radius 2 is 1.85 bits per heavy atom. The number of hydrogen-bond donors (Lipinski definition) is 1. The second kappa shape index (κ2) is 7.72. The summed E-state index contributed by atoms with van der Waals surface area (Å²) >= 11 is -1.80. The van der Waals surface area contributed by atoms with Crippen LogP contribution < -0.4 is 4.31 Å². The summed E-state index contributed by atoms with van der Waals surface area (Å²) < 4.78 is 24.9. The van der Waals surface area contributed by atoms with Crippen molar-refractivity contribution in [1.82, 2.24) is 0 Å². The quantitative estimate of drug-likeness (QED) is 0.649. The first-order valence-electron chi connectivity index (χ1n) is 7.75. The number of rotatable bonds is 5. The van der Waals surface area contributed by atoms with Gasteiger partial charge in [-0.1, -0.05) is 36.4 Å². The zero-order valence-electron chi connectivity index (χ0n) is 14.1. The summed E-state index contributed by atoms with van der Waals surface area (Å²) in [6.07, 6.45) is 0. The van der Waals surface area contributed by atoms with Crippen LogP contribution in [0.5, 0.6) is 0 Å². The van der Waals surface area contributed by atoms with E-state index in [1.807, 2.05) is 0 Å². The van der Waals surface area contributed by atoms with Crippen molar-refractivity contribution in [3.63, 3.8) is 0 Å². The van der Waals surface area contributed by atoms with Gasteiger partial charge in [0.2, 0.25) is 0 Å². The number of carboxylic acid groups (broad SMARTS) is 1. The molecule has 0 spiro atoms. The van der Waals surface area contributed by atoms with Crippen molar-refractivity contribution in [2.45, 2.75) is 6.92 Å². The molecule has 3 aromatic rings. The van der Waals surface area contributed by atoms with Gasteiger partial charge in [0.1, 0.15) is 4.88 Å². The molecular formula is C19H13N2O4S2-. The van der Waals surface area contributed by atoms with E-state index in [9.17, 15) is 23.9 Å². The number of carboxylic acids is 1. The number of thiophene rings is 1. The van der Waals surface area contributed by atoms with Crippen LogP contribution in [0.4, 0.5) is 11.4 Å². The maximum Gasteiger partial charge on any atom is 0.348 e. The average molecular weight is 397 g/mol. The number of aryl methyl sites for hydroxylation is 1. The van der Waals surface area contributed by atoms with Gasteiger partial charge < -0.3 is 9.66 Å². The van der Waals surface area contributed by atoms with E-state index >= 15 is 0 Å². The lowest BCUT2D eigenvalue weighted by atomic mass is 10.1. The van der Waals surface area contributed by atoms with Gasteiger partial charge >= 0.3 is 5.97 Å². The number of carbonyl (C=O) groups is 1. The van der Waals surface area contributed by atoms with Crippen molar-refractivity contribution in [2.24, 2.45) is 0 Å². The lowest BCUT2D eigenvalue weighted by Gasteiger charge is -2.27. The SMILES string of the molecule is Cc1ccccc1N(c1cc(-c2ccccc2C#N)sc1C(=O)O)S(=O)[O-]. The zero-order valence-corrected chi connectivity index (χ0v) is 15.7. The van der Waals surface area contributed by atoms with Crippen LogP contribution in [0.2, 0.25) is 0 Å². The lowest BCUT2D eigenvalue weighted by Crippen LogP contribution is -2.21. The van der Waals surface area contributed by atoms with Gasteiger partial charge in [0, 0.05) is 10.4 Å². The minimum absolute atomic E-state index is 0.0397. The molecule has 1 heterocycles. The number of nitrogens with zero attached hydrogens (tertiary/aromatic N) is 2. The van der Waals surface area contributed by atoms with Gasteiger partial charge in [-0.15, -0.1) is 11.3 Å². The fourth-order valence-electron chi connectivity index (χ4n) is 2.70. The highest BCUT2D eigenvalue weighted by Gasteiger charge is 2.24. The number of para-hydroxylation sites is 1. The number of nitriles is 1. The third-order valence-corrected chi connectivity index (χ3v) is 5.76. The van der Waals surface area contributed by atoms with Crippen LogP contribution in [0.25, 0.3) is 10.4 Å². The Bertz CT molecular complexity index is 1090. The fourth-order valence-corrected chi connectivity index (χ4v) is 4.44. The number of hydrogen-bond acceptors (Lipinski definition) is 5. The molecule has 3 rings (SSSR count). The summed E-state index contributed by atoms with van der Waals surface area (Å²) in [6.45, 7) is 1.74. The summed E-state index contributed by atoms with van der Waals surface area (Å²) in [5.41, 5.74) is 2.03. The topological polar surface area (TPSA) is 104 Å². The number of benzene rings is 2. The van der Waals surface area contributed by atoms with Crippen molar-refractivity contribution in [3.05, 3.63) is 70.6 Å². The largest absolute Gasteiger partial charge is 0.755 e. The van der Waals surface area contributed by atoms with Crippen LogP contribution in [0.1, 0.15) is 20.8 Å². The van der Waals surface area contributed by atoms with Crippen LogP contribution in [0, 0.1) is 18.3 Å². The summed E-state index contributed by atoms with van der Waals surface area (Å²) in [5, 5.41) is 18.9. The summed E-state index contributed by atoms with van der Waals surface area (Å²) in [7, 11) is 0. The van der Waals surface area contributed by atoms with Crippen molar-refractivity contribution in [2.75, 3.05) is 4.31 Å². The summed E-state index contributed by atoms with van der Waals surface area (Å²) in [6, 6.07) is 17.1. The van der Waals surface area contributed by atoms with Gasteiger partial charge in [0.25, 0.3) is 0 Å². The molecule has 0 aliphatic rings. The maximum atomic E-state index is 12.0. The Hall–Kier alpha value is -2.99. The molecule has 0 aliphatic heterocycles. The Morgan fingerprint density at radius 3 is 2.48 bits per heavy atom. The molecule has 0 saturated heterocycles. The standard InChI is InChI=1S/C19H14N2O4S2/c1-12-6-2-5-9-15(12)21(27(24)25)16-10-17(26-18(16)19(22)23)14-8-4-3-7-13(14)11-20/h2-10H,1H3,(H,22,23)(H,24,25)/p-1. The normalized spacial score (nSPS) is 11.6. The van der Waals surface area contributed by atoms with Crippen molar-refractivity contribution in [1.29, 1.82) is 5.26 Å². The van der Waals surface area contributed by atoms with Gasteiger partial charge in [0.05, 0.1) is 34.3 Å². The molecule has 0 aliphatic carbocycles. The molecule has 2 aromatic carbocycles. The molecule has 27 heavy (non-hydrogen) atoms.